The first-order chi connectivity index (χ1) is 12.8. The number of benzene rings is 1. The lowest BCUT2D eigenvalue weighted by Crippen LogP contribution is -2.65. The van der Waals surface area contributed by atoms with Gasteiger partial charge in [0.25, 0.3) is 5.69 Å². The number of nitro benzene ring substituents is 1. The molecule has 1 aromatic carbocycles. The molecule has 3 heterocycles. The zero-order valence-corrected chi connectivity index (χ0v) is 16.6. The van der Waals surface area contributed by atoms with Crippen LogP contribution in [0.2, 0.25) is 0 Å². The van der Waals surface area contributed by atoms with Crippen molar-refractivity contribution in [1.29, 1.82) is 0 Å². The van der Waals surface area contributed by atoms with Crippen molar-refractivity contribution in [3.63, 3.8) is 0 Å². The second kappa shape index (κ2) is 6.54. The number of rotatable bonds is 2. The van der Waals surface area contributed by atoms with Crippen LogP contribution >= 0.6 is 0 Å². The maximum absolute atomic E-state index is 11.1. The largest absolute Gasteiger partial charge is 0.334 e. The van der Waals surface area contributed by atoms with Crippen molar-refractivity contribution in [2.75, 3.05) is 26.3 Å². The van der Waals surface area contributed by atoms with E-state index in [1.807, 2.05) is 12.1 Å². The minimum absolute atomic E-state index is 0.131. The normalized spacial score (nSPS) is 33.0. The van der Waals surface area contributed by atoms with Crippen molar-refractivity contribution in [1.82, 2.24) is 4.90 Å². The van der Waals surface area contributed by atoms with Gasteiger partial charge in [-0.05, 0) is 42.6 Å². The Labute approximate surface area is 161 Å². The third-order valence-corrected chi connectivity index (χ3v) is 6.93. The van der Waals surface area contributed by atoms with E-state index in [2.05, 4.69) is 25.7 Å². The quantitative estimate of drug-likeness (QED) is 0.576. The maximum Gasteiger partial charge on any atom is 0.269 e. The monoisotopic (exact) mass is 374 g/mol. The number of piperidine rings is 1. The molecule has 0 saturated carbocycles. The average Bonchev–Trinajstić information content (AvgIpc) is 3.09. The molecule has 0 aromatic heterocycles. The number of ether oxygens (including phenoxy) is 2. The molecule has 1 spiro atoms. The van der Waals surface area contributed by atoms with E-state index in [0.717, 1.165) is 44.3 Å². The number of nitro groups is 1. The molecule has 0 amide bonds. The van der Waals surface area contributed by atoms with Crippen LogP contribution < -0.4 is 0 Å². The number of nitrogens with zero attached hydrogens (tertiary/aromatic N) is 2. The van der Waals surface area contributed by atoms with E-state index < -0.39 is 5.91 Å². The van der Waals surface area contributed by atoms with Crippen LogP contribution in [-0.4, -0.2) is 42.0 Å². The fraction of sp³-hybridized carbons (Fsp3) is 0.714. The van der Waals surface area contributed by atoms with Gasteiger partial charge in [0.2, 0.25) is 5.91 Å². The number of hydrogen-bond acceptors (Lipinski definition) is 5. The van der Waals surface area contributed by atoms with Crippen LogP contribution in [0.3, 0.4) is 0 Å². The van der Waals surface area contributed by atoms with Gasteiger partial charge in [-0.2, -0.15) is 0 Å². The third-order valence-electron chi connectivity index (χ3n) is 6.93. The Morgan fingerprint density at radius 1 is 1.15 bits per heavy atom. The van der Waals surface area contributed by atoms with Gasteiger partial charge in [-0.25, -0.2) is 0 Å². The van der Waals surface area contributed by atoms with Crippen LogP contribution in [0.4, 0.5) is 5.69 Å². The van der Waals surface area contributed by atoms with Crippen molar-refractivity contribution in [3.05, 3.63) is 39.9 Å². The summed E-state index contributed by atoms with van der Waals surface area (Å²) < 4.78 is 12.8. The molecule has 3 fully saturated rings. The van der Waals surface area contributed by atoms with Crippen LogP contribution in [0.15, 0.2) is 24.3 Å². The highest BCUT2D eigenvalue weighted by atomic mass is 16.8. The van der Waals surface area contributed by atoms with Crippen LogP contribution in [0.5, 0.6) is 0 Å². The first-order valence-corrected chi connectivity index (χ1v) is 10.1. The van der Waals surface area contributed by atoms with E-state index in [4.69, 9.17) is 9.47 Å². The SMILES string of the molecule is CC(C)(C)C1CCN2CCCC(c3ccc([N+](=O)[O-])cc3)(C1)C21OCCO1. The molecule has 1 aromatic rings. The Kier molecular flexibility index (Phi) is 4.56. The molecule has 3 unspecified atom stereocenters. The fourth-order valence-electron chi connectivity index (χ4n) is 5.45. The van der Waals surface area contributed by atoms with Crippen LogP contribution in [0, 0.1) is 21.4 Å². The maximum atomic E-state index is 11.1. The van der Waals surface area contributed by atoms with Crippen LogP contribution in [-0.2, 0) is 14.9 Å². The molecule has 3 saturated heterocycles. The molecular weight excluding hydrogens is 344 g/mol. The van der Waals surface area contributed by atoms with E-state index >= 15 is 0 Å². The number of hydrogen-bond donors (Lipinski definition) is 0. The highest BCUT2D eigenvalue weighted by Crippen LogP contribution is 2.57. The van der Waals surface area contributed by atoms with Crippen molar-refractivity contribution < 1.29 is 14.4 Å². The first-order valence-electron chi connectivity index (χ1n) is 10.1. The van der Waals surface area contributed by atoms with E-state index in [0.29, 0.717) is 19.1 Å². The van der Waals surface area contributed by atoms with Gasteiger partial charge in [-0.1, -0.05) is 32.9 Å². The standard InChI is InChI=1S/C21H30N2O4/c1-19(2,3)17-9-12-22-11-4-10-20(15-17,21(22)26-13-14-27-21)16-5-7-18(8-6-16)23(24)25/h5-8,17H,4,9-15H2,1-3H3. The fourth-order valence-corrected chi connectivity index (χ4v) is 5.45. The molecule has 6 nitrogen and oxygen atoms in total. The molecule has 148 valence electrons. The van der Waals surface area contributed by atoms with E-state index in [9.17, 15) is 10.1 Å². The van der Waals surface area contributed by atoms with E-state index in [-0.39, 0.29) is 21.4 Å². The molecule has 3 aliphatic heterocycles. The second-order valence-corrected chi connectivity index (χ2v) is 9.31. The Hall–Kier alpha value is -1.50. The zero-order valence-electron chi connectivity index (χ0n) is 16.6. The molecule has 3 aliphatic rings. The smallest absolute Gasteiger partial charge is 0.269 e. The highest BCUT2D eigenvalue weighted by Gasteiger charge is 2.64. The summed E-state index contributed by atoms with van der Waals surface area (Å²) in [4.78, 5) is 13.2. The lowest BCUT2D eigenvalue weighted by molar-refractivity contribution is -0.384. The molecular formula is C21H30N2O4. The van der Waals surface area contributed by atoms with Crippen LogP contribution in [0.25, 0.3) is 0 Å². The predicted molar refractivity (Wildman–Crippen MR) is 102 cm³/mol. The lowest BCUT2D eigenvalue weighted by Gasteiger charge is -2.55. The summed E-state index contributed by atoms with van der Waals surface area (Å²) in [6.07, 6.45) is 4.16. The third kappa shape index (κ3) is 2.89. The molecule has 6 heteroatoms. The van der Waals surface area contributed by atoms with Gasteiger partial charge in [-0.15, -0.1) is 0 Å². The summed E-state index contributed by atoms with van der Waals surface area (Å²) >= 11 is 0. The Bertz CT molecular complexity index is 706. The molecule has 4 rings (SSSR count). The molecule has 3 atom stereocenters. The van der Waals surface area contributed by atoms with Gasteiger partial charge >= 0.3 is 0 Å². The van der Waals surface area contributed by atoms with Gasteiger partial charge < -0.3 is 9.47 Å². The molecule has 0 radical (unpaired) electrons. The van der Waals surface area contributed by atoms with Gasteiger partial charge in [0, 0.05) is 25.2 Å². The summed E-state index contributed by atoms with van der Waals surface area (Å²) in [7, 11) is 0. The Morgan fingerprint density at radius 2 is 1.81 bits per heavy atom. The van der Waals surface area contributed by atoms with Gasteiger partial charge in [-0.3, -0.25) is 15.0 Å². The lowest BCUT2D eigenvalue weighted by atomic mass is 9.62. The van der Waals surface area contributed by atoms with Gasteiger partial charge in [0.15, 0.2) is 0 Å². The Balaban J connectivity index is 1.85. The summed E-state index contributed by atoms with van der Waals surface area (Å²) in [5.41, 5.74) is 1.12. The number of non-ortho nitro benzene ring substituents is 1. The highest BCUT2D eigenvalue weighted by molar-refractivity contribution is 5.39. The predicted octanol–water partition coefficient (Wildman–Crippen LogP) is 4.09. The summed E-state index contributed by atoms with van der Waals surface area (Å²) in [6, 6.07) is 7.12. The summed E-state index contributed by atoms with van der Waals surface area (Å²) in [6.45, 7) is 10.1. The molecule has 27 heavy (non-hydrogen) atoms. The van der Waals surface area contributed by atoms with Gasteiger partial charge in [0.05, 0.1) is 23.6 Å². The van der Waals surface area contributed by atoms with Crippen molar-refractivity contribution in [3.8, 4) is 0 Å². The average molecular weight is 374 g/mol. The first kappa shape index (κ1) is 18.8. The van der Waals surface area contributed by atoms with E-state index in [1.54, 1.807) is 12.1 Å². The minimum atomic E-state index is -0.735. The summed E-state index contributed by atoms with van der Waals surface area (Å²) in [5, 5.41) is 11.1. The topological polar surface area (TPSA) is 64.8 Å². The molecule has 0 aliphatic carbocycles. The summed E-state index contributed by atoms with van der Waals surface area (Å²) in [5.74, 6) is -0.207. The molecule has 0 N–H and O–H groups in total. The second-order valence-electron chi connectivity index (χ2n) is 9.31. The molecule has 2 bridgehead atoms. The van der Waals surface area contributed by atoms with Gasteiger partial charge in [0.1, 0.15) is 0 Å². The van der Waals surface area contributed by atoms with Crippen molar-refractivity contribution >= 4 is 5.69 Å². The zero-order chi connectivity index (χ0) is 19.3. The van der Waals surface area contributed by atoms with Crippen molar-refractivity contribution in [2.45, 2.75) is 57.8 Å². The minimum Gasteiger partial charge on any atom is -0.334 e. The van der Waals surface area contributed by atoms with Crippen molar-refractivity contribution in [2.24, 2.45) is 11.3 Å². The van der Waals surface area contributed by atoms with E-state index in [1.165, 1.54) is 0 Å². The van der Waals surface area contributed by atoms with Crippen LogP contribution in [0.1, 0.15) is 52.0 Å². The Morgan fingerprint density at radius 3 is 2.41 bits per heavy atom.